The van der Waals surface area contributed by atoms with E-state index in [0.717, 1.165) is 66.9 Å². The highest BCUT2D eigenvalue weighted by molar-refractivity contribution is 6.17. The van der Waals surface area contributed by atoms with E-state index in [1.54, 1.807) is 0 Å². The van der Waals surface area contributed by atoms with Gasteiger partial charge >= 0.3 is 0 Å². The quantitative estimate of drug-likeness (QED) is 0.193. The van der Waals surface area contributed by atoms with Crippen LogP contribution in [0.1, 0.15) is 0 Å². The highest BCUT2D eigenvalue weighted by Gasteiger charge is 2.20. The summed E-state index contributed by atoms with van der Waals surface area (Å²) in [6.07, 6.45) is 0. The number of rotatable bonds is 5. The fraction of sp³-hybridized carbons (Fsp3) is 0. The minimum absolute atomic E-state index is 0.600. The molecule has 10 rings (SSSR count). The molecule has 48 heavy (non-hydrogen) atoms. The summed E-state index contributed by atoms with van der Waals surface area (Å²) < 4.78 is 15.2. The maximum absolute atomic E-state index is 6.50. The molecule has 3 heterocycles. The van der Waals surface area contributed by atoms with Crippen LogP contribution in [0.25, 0.3) is 72.0 Å². The van der Waals surface area contributed by atoms with E-state index in [1.807, 2.05) is 48.5 Å². The van der Waals surface area contributed by atoms with Crippen LogP contribution in [0.2, 0.25) is 0 Å². The van der Waals surface area contributed by atoms with Crippen molar-refractivity contribution in [2.45, 2.75) is 0 Å². The van der Waals surface area contributed by atoms with E-state index in [4.69, 9.17) is 13.8 Å². The maximum Gasteiger partial charge on any atom is 0.227 e. The molecule has 0 N–H and O–H groups in total. The van der Waals surface area contributed by atoms with Gasteiger partial charge < -0.3 is 18.3 Å². The van der Waals surface area contributed by atoms with Gasteiger partial charge in [0.15, 0.2) is 5.58 Å². The molecule has 0 aliphatic heterocycles. The Balaban J connectivity index is 1.16. The Morgan fingerprint density at radius 3 is 2.00 bits per heavy atom. The second-order valence-electron chi connectivity index (χ2n) is 12.0. The summed E-state index contributed by atoms with van der Waals surface area (Å²) in [5.74, 6) is 0.600. The fourth-order valence-corrected chi connectivity index (χ4v) is 7.06. The van der Waals surface area contributed by atoms with Crippen molar-refractivity contribution in [3.8, 4) is 17.1 Å². The van der Waals surface area contributed by atoms with Gasteiger partial charge in [-0.05, 0) is 84.9 Å². The molecule has 0 unspecified atom stereocenters. The molecule has 5 nitrogen and oxygen atoms in total. The molecule has 7 aromatic carbocycles. The van der Waals surface area contributed by atoms with Gasteiger partial charge in [0, 0.05) is 50.5 Å². The van der Waals surface area contributed by atoms with Gasteiger partial charge in [0.2, 0.25) is 5.89 Å². The van der Waals surface area contributed by atoms with Gasteiger partial charge in [0.1, 0.15) is 16.7 Å². The number of oxazole rings is 1. The van der Waals surface area contributed by atoms with E-state index < -0.39 is 0 Å². The van der Waals surface area contributed by atoms with Crippen molar-refractivity contribution < 1.29 is 8.83 Å². The second-order valence-corrected chi connectivity index (χ2v) is 12.0. The average molecular weight is 618 g/mol. The van der Waals surface area contributed by atoms with Crippen molar-refractivity contribution in [1.82, 2.24) is 9.55 Å². The van der Waals surface area contributed by atoms with Crippen LogP contribution in [-0.2, 0) is 0 Å². The lowest BCUT2D eigenvalue weighted by Gasteiger charge is -2.25. The Bertz CT molecular complexity index is 2780. The zero-order valence-corrected chi connectivity index (χ0v) is 25.7. The maximum atomic E-state index is 6.50. The minimum Gasteiger partial charge on any atom is -0.456 e. The van der Waals surface area contributed by atoms with Crippen LogP contribution in [-0.4, -0.2) is 9.55 Å². The molecule has 0 amide bonds. The first-order valence-corrected chi connectivity index (χ1v) is 16.1. The minimum atomic E-state index is 0.600. The molecule has 0 saturated carbocycles. The lowest BCUT2D eigenvalue weighted by Crippen LogP contribution is -2.09. The summed E-state index contributed by atoms with van der Waals surface area (Å²) in [7, 11) is 0. The summed E-state index contributed by atoms with van der Waals surface area (Å²) in [5, 5.41) is 4.33. The van der Waals surface area contributed by atoms with Gasteiger partial charge in [-0.15, -0.1) is 0 Å². The number of hydrogen-bond acceptors (Lipinski definition) is 4. The van der Waals surface area contributed by atoms with Crippen LogP contribution in [0.5, 0.6) is 0 Å². The van der Waals surface area contributed by atoms with Crippen molar-refractivity contribution >= 4 is 71.9 Å². The first-order chi connectivity index (χ1) is 23.8. The summed E-state index contributed by atoms with van der Waals surface area (Å²) >= 11 is 0. The molecule has 0 spiro atoms. The lowest BCUT2D eigenvalue weighted by molar-refractivity contribution is 0.622. The molecule has 0 bridgehead atoms. The average Bonchev–Trinajstić information content (AvgIpc) is 3.84. The fourth-order valence-electron chi connectivity index (χ4n) is 7.06. The SMILES string of the molecule is c1ccc(-c2nc3ccc4oc5cc(N(c6ccccc6)c6ccc7c(c6)c6ccccc6n7-c6ccccc6)ccc5c4c3o2)cc1. The standard InChI is InChI=1S/C43H27N3O2/c1-4-12-28(13-5-1)43-44-36-23-25-39-41(42(36)48-43)34-22-20-32(27-40(34)47-39)45(29-14-6-2-7-15-29)31-21-24-38-35(26-31)33-18-10-11-19-37(33)46(38)30-16-8-3-9-17-30/h1-27H. The third-order valence-electron chi connectivity index (χ3n) is 9.20. The lowest BCUT2D eigenvalue weighted by atomic mass is 10.1. The van der Waals surface area contributed by atoms with Crippen LogP contribution in [0, 0.1) is 0 Å². The predicted molar refractivity (Wildman–Crippen MR) is 196 cm³/mol. The monoisotopic (exact) mass is 617 g/mol. The van der Waals surface area contributed by atoms with Gasteiger partial charge in [0.05, 0.1) is 16.4 Å². The second kappa shape index (κ2) is 10.5. The summed E-state index contributed by atoms with van der Waals surface area (Å²) in [6.45, 7) is 0. The van der Waals surface area contributed by atoms with Gasteiger partial charge in [-0.2, -0.15) is 0 Å². The smallest absolute Gasteiger partial charge is 0.227 e. The molecule has 5 heteroatoms. The number of benzene rings is 7. The number of fused-ring (bicyclic) bond motifs is 8. The Morgan fingerprint density at radius 1 is 0.479 bits per heavy atom. The van der Waals surface area contributed by atoms with Crippen LogP contribution in [0.4, 0.5) is 17.1 Å². The predicted octanol–water partition coefficient (Wildman–Crippen LogP) is 12.0. The zero-order chi connectivity index (χ0) is 31.6. The van der Waals surface area contributed by atoms with Gasteiger partial charge in [0.25, 0.3) is 0 Å². The Hall–Kier alpha value is -6.59. The van der Waals surface area contributed by atoms with E-state index in [9.17, 15) is 0 Å². The molecule has 0 saturated heterocycles. The van der Waals surface area contributed by atoms with Gasteiger partial charge in [-0.1, -0.05) is 72.8 Å². The van der Waals surface area contributed by atoms with Gasteiger partial charge in [-0.25, -0.2) is 4.98 Å². The van der Waals surface area contributed by atoms with Crippen molar-refractivity contribution in [2.75, 3.05) is 4.90 Å². The molecule has 0 atom stereocenters. The molecule has 226 valence electrons. The molecular formula is C43H27N3O2. The summed E-state index contributed by atoms with van der Waals surface area (Å²) in [4.78, 5) is 7.08. The summed E-state index contributed by atoms with van der Waals surface area (Å²) in [6, 6.07) is 56.8. The molecule has 0 aliphatic rings. The molecule has 0 aliphatic carbocycles. The third kappa shape index (κ3) is 4.08. The van der Waals surface area contributed by atoms with Crippen LogP contribution >= 0.6 is 0 Å². The van der Waals surface area contributed by atoms with Crippen molar-refractivity contribution in [2.24, 2.45) is 0 Å². The first-order valence-electron chi connectivity index (χ1n) is 16.1. The van der Waals surface area contributed by atoms with Crippen LogP contribution < -0.4 is 4.90 Å². The summed E-state index contributed by atoms with van der Waals surface area (Å²) in [5.41, 5.74) is 10.6. The molecule has 0 radical (unpaired) electrons. The molecular weight excluding hydrogens is 590 g/mol. The number of para-hydroxylation sites is 3. The van der Waals surface area contributed by atoms with Gasteiger partial charge in [-0.3, -0.25) is 0 Å². The molecule has 3 aromatic heterocycles. The van der Waals surface area contributed by atoms with E-state index in [0.29, 0.717) is 5.89 Å². The third-order valence-corrected chi connectivity index (χ3v) is 9.20. The Kier molecular flexibility index (Phi) is 5.81. The number of aromatic nitrogens is 2. The van der Waals surface area contributed by atoms with E-state index in [2.05, 4.69) is 125 Å². The van der Waals surface area contributed by atoms with Crippen molar-refractivity contribution in [1.29, 1.82) is 0 Å². The van der Waals surface area contributed by atoms with E-state index >= 15 is 0 Å². The Labute approximate surface area is 275 Å². The largest absolute Gasteiger partial charge is 0.456 e. The Morgan fingerprint density at radius 2 is 1.17 bits per heavy atom. The van der Waals surface area contributed by atoms with E-state index in [1.165, 1.54) is 16.3 Å². The first kappa shape index (κ1) is 26.6. The molecule has 0 fully saturated rings. The topological polar surface area (TPSA) is 47.3 Å². The number of anilines is 3. The van der Waals surface area contributed by atoms with Crippen LogP contribution in [0.15, 0.2) is 173 Å². The number of hydrogen-bond donors (Lipinski definition) is 0. The molecule has 10 aromatic rings. The highest BCUT2D eigenvalue weighted by Crippen LogP contribution is 2.43. The number of furan rings is 1. The number of nitrogens with zero attached hydrogens (tertiary/aromatic N) is 3. The normalized spacial score (nSPS) is 11.8. The van der Waals surface area contributed by atoms with E-state index in [-0.39, 0.29) is 0 Å². The van der Waals surface area contributed by atoms with Crippen LogP contribution in [0.3, 0.4) is 0 Å². The zero-order valence-electron chi connectivity index (χ0n) is 25.7. The van der Waals surface area contributed by atoms with Crippen molar-refractivity contribution in [3.63, 3.8) is 0 Å². The van der Waals surface area contributed by atoms with Crippen molar-refractivity contribution in [3.05, 3.63) is 164 Å². The highest BCUT2D eigenvalue weighted by atomic mass is 16.4.